The van der Waals surface area contributed by atoms with Gasteiger partial charge in [0.25, 0.3) is 0 Å². The van der Waals surface area contributed by atoms with Crippen LogP contribution < -0.4 is 4.74 Å². The second-order valence-electron chi connectivity index (χ2n) is 7.28. The number of rotatable bonds is 4. The van der Waals surface area contributed by atoms with Crippen molar-refractivity contribution in [3.8, 4) is 17.2 Å². The van der Waals surface area contributed by atoms with Crippen LogP contribution in [0.25, 0.3) is 0 Å². The number of ether oxygens (including phenoxy) is 1. The Morgan fingerprint density at radius 1 is 0.864 bits per heavy atom. The minimum atomic E-state index is -1.66. The van der Waals surface area contributed by atoms with E-state index in [1.54, 1.807) is 7.11 Å². The SMILES string of the molecule is COc1cc(C)c(C#C[Si](C(C)C)(C(C)C)C(C)C)cc1C. The second kappa shape index (κ2) is 7.37. The Balaban J connectivity index is 3.39. The molecule has 1 aromatic rings. The first-order chi connectivity index (χ1) is 10.2. The number of aryl methyl sites for hydroxylation is 2. The van der Waals surface area contributed by atoms with Gasteiger partial charge in [-0.25, -0.2) is 0 Å². The van der Waals surface area contributed by atoms with Crippen LogP contribution in [-0.2, 0) is 0 Å². The van der Waals surface area contributed by atoms with Gasteiger partial charge in [0.05, 0.1) is 7.11 Å². The third kappa shape index (κ3) is 3.58. The molecule has 0 heterocycles. The molecular formula is C20H32OSi. The molecule has 0 aliphatic heterocycles. The smallest absolute Gasteiger partial charge is 0.146 e. The molecule has 0 radical (unpaired) electrons. The molecule has 0 saturated heterocycles. The zero-order valence-electron chi connectivity index (χ0n) is 15.8. The van der Waals surface area contributed by atoms with Gasteiger partial charge < -0.3 is 4.74 Å². The molecule has 0 fully saturated rings. The van der Waals surface area contributed by atoms with Crippen LogP contribution >= 0.6 is 0 Å². The van der Waals surface area contributed by atoms with Crippen LogP contribution in [0.2, 0.25) is 16.6 Å². The van der Waals surface area contributed by atoms with Crippen molar-refractivity contribution < 1.29 is 4.74 Å². The molecular weight excluding hydrogens is 284 g/mol. The van der Waals surface area contributed by atoms with Gasteiger partial charge in [0.2, 0.25) is 0 Å². The topological polar surface area (TPSA) is 9.23 Å². The van der Waals surface area contributed by atoms with Crippen LogP contribution in [-0.4, -0.2) is 15.2 Å². The van der Waals surface area contributed by atoms with E-state index in [2.05, 4.69) is 79.0 Å². The van der Waals surface area contributed by atoms with Crippen molar-refractivity contribution in [2.75, 3.05) is 7.11 Å². The summed E-state index contributed by atoms with van der Waals surface area (Å²) < 4.78 is 5.40. The van der Waals surface area contributed by atoms with Gasteiger partial charge in [0.15, 0.2) is 0 Å². The van der Waals surface area contributed by atoms with Gasteiger partial charge in [0, 0.05) is 5.56 Å². The molecule has 1 aromatic carbocycles. The Morgan fingerprint density at radius 2 is 1.36 bits per heavy atom. The van der Waals surface area contributed by atoms with E-state index in [-0.39, 0.29) is 0 Å². The Hall–Kier alpha value is -1.20. The van der Waals surface area contributed by atoms with Gasteiger partial charge in [-0.05, 0) is 53.7 Å². The molecule has 0 amide bonds. The molecule has 0 bridgehead atoms. The van der Waals surface area contributed by atoms with Crippen molar-refractivity contribution in [3.05, 3.63) is 28.8 Å². The van der Waals surface area contributed by atoms with Crippen molar-refractivity contribution in [2.45, 2.75) is 72.0 Å². The van der Waals surface area contributed by atoms with Crippen LogP contribution in [0.1, 0.15) is 58.2 Å². The number of benzene rings is 1. The highest BCUT2D eigenvalue weighted by atomic mass is 28.3. The lowest BCUT2D eigenvalue weighted by atomic mass is 10.1. The molecule has 0 atom stereocenters. The third-order valence-electron chi connectivity index (χ3n) is 5.02. The van der Waals surface area contributed by atoms with Gasteiger partial charge in [-0.3, -0.25) is 0 Å². The average molecular weight is 317 g/mol. The van der Waals surface area contributed by atoms with Crippen molar-refractivity contribution >= 4 is 8.07 Å². The maximum Gasteiger partial charge on any atom is 0.146 e. The van der Waals surface area contributed by atoms with Crippen molar-refractivity contribution in [1.82, 2.24) is 0 Å². The minimum absolute atomic E-state index is 0.666. The lowest BCUT2D eigenvalue weighted by Gasteiger charge is -2.38. The van der Waals surface area contributed by atoms with Gasteiger partial charge in [-0.2, -0.15) is 0 Å². The zero-order chi connectivity index (χ0) is 17.1. The molecule has 122 valence electrons. The van der Waals surface area contributed by atoms with Gasteiger partial charge in [0.1, 0.15) is 13.8 Å². The molecule has 22 heavy (non-hydrogen) atoms. The summed E-state index contributed by atoms with van der Waals surface area (Å²) in [4.78, 5) is 0. The Bertz CT molecular complexity index is 552. The van der Waals surface area contributed by atoms with Crippen LogP contribution in [0.3, 0.4) is 0 Å². The summed E-state index contributed by atoms with van der Waals surface area (Å²) in [6.45, 7) is 18.3. The largest absolute Gasteiger partial charge is 0.496 e. The summed E-state index contributed by atoms with van der Waals surface area (Å²) in [5.41, 5.74) is 9.31. The van der Waals surface area contributed by atoms with E-state index < -0.39 is 8.07 Å². The fraction of sp³-hybridized carbons (Fsp3) is 0.600. The molecule has 0 spiro atoms. The first-order valence-corrected chi connectivity index (χ1v) is 10.6. The predicted molar refractivity (Wildman–Crippen MR) is 100 cm³/mol. The van der Waals surface area contributed by atoms with E-state index in [9.17, 15) is 0 Å². The zero-order valence-corrected chi connectivity index (χ0v) is 16.8. The van der Waals surface area contributed by atoms with E-state index in [1.807, 2.05) is 0 Å². The molecule has 1 rings (SSSR count). The fourth-order valence-electron chi connectivity index (χ4n) is 3.75. The number of hydrogen-bond acceptors (Lipinski definition) is 1. The lowest BCUT2D eigenvalue weighted by molar-refractivity contribution is 0.411. The van der Waals surface area contributed by atoms with Crippen molar-refractivity contribution in [2.24, 2.45) is 0 Å². The maximum atomic E-state index is 5.40. The quantitative estimate of drug-likeness (QED) is 0.498. The van der Waals surface area contributed by atoms with Crippen LogP contribution in [0.4, 0.5) is 0 Å². The summed E-state index contributed by atoms with van der Waals surface area (Å²) in [7, 11) is 0.0586. The molecule has 0 aliphatic carbocycles. The molecule has 0 N–H and O–H groups in total. The number of hydrogen-bond donors (Lipinski definition) is 0. The van der Waals surface area contributed by atoms with Gasteiger partial charge in [-0.1, -0.05) is 47.5 Å². The molecule has 1 nitrogen and oxygen atoms in total. The normalized spacial score (nSPS) is 11.8. The highest BCUT2D eigenvalue weighted by molar-refractivity contribution is 6.90. The second-order valence-corrected chi connectivity index (χ2v) is 12.9. The number of methoxy groups -OCH3 is 1. The highest BCUT2D eigenvalue weighted by Crippen LogP contribution is 2.40. The van der Waals surface area contributed by atoms with Crippen molar-refractivity contribution in [3.63, 3.8) is 0 Å². The van der Waals surface area contributed by atoms with Gasteiger partial charge in [-0.15, -0.1) is 5.54 Å². The summed E-state index contributed by atoms with van der Waals surface area (Å²) >= 11 is 0. The van der Waals surface area contributed by atoms with E-state index >= 15 is 0 Å². The Labute approximate surface area is 138 Å². The third-order valence-corrected chi connectivity index (χ3v) is 11.3. The molecule has 0 aliphatic rings. The predicted octanol–water partition coefficient (Wildman–Crippen LogP) is 5.88. The summed E-state index contributed by atoms with van der Waals surface area (Å²) in [6, 6.07) is 4.27. The molecule has 0 unspecified atom stereocenters. The molecule has 0 aromatic heterocycles. The van der Waals surface area contributed by atoms with Gasteiger partial charge >= 0.3 is 0 Å². The minimum Gasteiger partial charge on any atom is -0.496 e. The lowest BCUT2D eigenvalue weighted by Crippen LogP contribution is -2.43. The van der Waals surface area contributed by atoms with Crippen LogP contribution in [0.15, 0.2) is 12.1 Å². The van der Waals surface area contributed by atoms with Crippen molar-refractivity contribution in [1.29, 1.82) is 0 Å². The summed E-state index contributed by atoms with van der Waals surface area (Å²) in [5.74, 6) is 4.49. The average Bonchev–Trinajstić information content (AvgIpc) is 2.41. The standard InChI is InChI=1S/C20H32OSi/c1-14(2)22(15(3)4,16(5)6)11-10-19-12-18(8)20(21-9)13-17(19)7/h12-16H,1-9H3. The first kappa shape index (κ1) is 18.8. The Morgan fingerprint density at radius 3 is 1.77 bits per heavy atom. The van der Waals surface area contributed by atoms with Crippen LogP contribution in [0.5, 0.6) is 5.75 Å². The van der Waals surface area contributed by atoms with E-state index in [1.165, 1.54) is 5.56 Å². The Kier molecular flexibility index (Phi) is 6.32. The maximum absolute atomic E-state index is 5.40. The van der Waals surface area contributed by atoms with E-state index in [0.29, 0.717) is 16.6 Å². The highest BCUT2D eigenvalue weighted by Gasteiger charge is 2.41. The summed E-state index contributed by atoms with van der Waals surface area (Å²) in [6.07, 6.45) is 0. The first-order valence-electron chi connectivity index (χ1n) is 8.35. The van der Waals surface area contributed by atoms with Crippen LogP contribution in [0, 0.1) is 25.3 Å². The van der Waals surface area contributed by atoms with E-state index in [0.717, 1.165) is 16.9 Å². The molecule has 0 saturated carbocycles. The van der Waals surface area contributed by atoms with E-state index in [4.69, 9.17) is 4.74 Å². The fourth-order valence-corrected chi connectivity index (χ4v) is 8.97. The molecule has 2 heteroatoms. The summed E-state index contributed by atoms with van der Waals surface area (Å²) in [5, 5.41) is 0. The monoisotopic (exact) mass is 316 g/mol.